The van der Waals surface area contributed by atoms with Crippen molar-refractivity contribution in [3.8, 4) is 0 Å². The van der Waals surface area contributed by atoms with Gasteiger partial charge in [-0.3, -0.25) is 0 Å². The van der Waals surface area contributed by atoms with Crippen LogP contribution in [0.1, 0.15) is 26.7 Å². The van der Waals surface area contributed by atoms with Gasteiger partial charge >= 0.3 is 0 Å². The van der Waals surface area contributed by atoms with Crippen molar-refractivity contribution in [2.75, 3.05) is 0 Å². The Morgan fingerprint density at radius 2 is 2.44 bits per heavy atom. The van der Waals surface area contributed by atoms with Gasteiger partial charge in [-0.2, -0.15) is 0 Å². The topological polar surface area (TPSA) is 0 Å². The number of hydrogen-bond donors (Lipinski definition) is 0. The Hall–Kier alpha value is -0.260. The van der Waals surface area contributed by atoms with Gasteiger partial charge in [0.2, 0.25) is 0 Å². The molecule has 0 heteroatoms. The van der Waals surface area contributed by atoms with Crippen molar-refractivity contribution in [3.63, 3.8) is 0 Å². The maximum absolute atomic E-state index is 2.37. The molecule has 3 atom stereocenters. The van der Waals surface area contributed by atoms with Crippen LogP contribution in [0.2, 0.25) is 0 Å². The van der Waals surface area contributed by atoms with Crippen molar-refractivity contribution < 1.29 is 0 Å². The summed E-state index contributed by atoms with van der Waals surface area (Å²) in [7, 11) is 0. The van der Waals surface area contributed by atoms with Gasteiger partial charge in [0.25, 0.3) is 0 Å². The molecule has 1 fully saturated rings. The van der Waals surface area contributed by atoms with Gasteiger partial charge in [-0.15, -0.1) is 0 Å². The van der Waals surface area contributed by atoms with Crippen LogP contribution in [0, 0.1) is 17.3 Å². The van der Waals surface area contributed by atoms with Crippen LogP contribution in [-0.4, -0.2) is 0 Å². The van der Waals surface area contributed by atoms with E-state index in [0.717, 1.165) is 17.3 Å². The van der Waals surface area contributed by atoms with Crippen LogP contribution in [0.15, 0.2) is 11.1 Å². The zero-order valence-corrected chi connectivity index (χ0v) is 6.07. The summed E-state index contributed by atoms with van der Waals surface area (Å²) >= 11 is 0. The van der Waals surface area contributed by atoms with E-state index in [-0.39, 0.29) is 0 Å². The maximum atomic E-state index is 2.37. The maximum Gasteiger partial charge on any atom is -0.000641 e. The van der Waals surface area contributed by atoms with E-state index in [1.165, 1.54) is 12.8 Å². The summed E-state index contributed by atoms with van der Waals surface area (Å²) < 4.78 is 0. The summed E-state index contributed by atoms with van der Waals surface area (Å²) in [6.45, 7) is 4.71. The lowest BCUT2D eigenvalue weighted by atomic mass is 9.91. The van der Waals surface area contributed by atoms with E-state index in [9.17, 15) is 0 Å². The Morgan fingerprint density at radius 1 is 1.67 bits per heavy atom. The minimum absolute atomic E-state index is 0.814. The SMILES string of the molecule is CCC12CC1C1=C2C1C. The molecule has 3 unspecified atom stereocenters. The summed E-state index contributed by atoms with van der Waals surface area (Å²) in [6.07, 6.45) is 2.94. The molecule has 48 valence electrons. The monoisotopic (exact) mass is 120 g/mol. The first-order valence-corrected chi connectivity index (χ1v) is 4.05. The average Bonchev–Trinajstić information content (AvgIpc) is 2.54. The predicted octanol–water partition coefficient (Wildman–Crippen LogP) is 2.36. The van der Waals surface area contributed by atoms with Crippen molar-refractivity contribution >= 4 is 0 Å². The van der Waals surface area contributed by atoms with Crippen LogP contribution < -0.4 is 0 Å². The summed E-state index contributed by atoms with van der Waals surface area (Å²) in [5.74, 6) is 2.05. The van der Waals surface area contributed by atoms with Crippen molar-refractivity contribution in [2.24, 2.45) is 17.3 Å². The fourth-order valence-electron chi connectivity index (χ4n) is 3.08. The average molecular weight is 120 g/mol. The second kappa shape index (κ2) is 0.902. The molecule has 0 heterocycles. The molecule has 3 aliphatic carbocycles. The quantitative estimate of drug-likeness (QED) is 0.466. The van der Waals surface area contributed by atoms with Crippen LogP contribution in [0.4, 0.5) is 0 Å². The molecule has 0 aromatic heterocycles. The van der Waals surface area contributed by atoms with Crippen molar-refractivity contribution in [3.05, 3.63) is 11.1 Å². The van der Waals surface area contributed by atoms with E-state index < -0.39 is 0 Å². The van der Waals surface area contributed by atoms with Gasteiger partial charge in [-0.05, 0) is 30.1 Å². The molecule has 9 heavy (non-hydrogen) atoms. The van der Waals surface area contributed by atoms with Gasteiger partial charge in [0.15, 0.2) is 0 Å². The molecular weight excluding hydrogens is 108 g/mol. The zero-order chi connectivity index (χ0) is 6.22. The first kappa shape index (κ1) is 4.54. The van der Waals surface area contributed by atoms with E-state index in [2.05, 4.69) is 13.8 Å². The third kappa shape index (κ3) is 0.253. The first-order valence-electron chi connectivity index (χ1n) is 4.05. The van der Waals surface area contributed by atoms with Crippen molar-refractivity contribution in [2.45, 2.75) is 26.7 Å². The fraction of sp³-hybridized carbons (Fsp3) is 0.778. The van der Waals surface area contributed by atoms with Crippen LogP contribution in [-0.2, 0) is 0 Å². The lowest BCUT2D eigenvalue weighted by Gasteiger charge is -2.13. The van der Waals surface area contributed by atoms with E-state index in [1.54, 1.807) is 0 Å². The van der Waals surface area contributed by atoms with Gasteiger partial charge in [0.05, 0.1) is 0 Å². The van der Waals surface area contributed by atoms with E-state index >= 15 is 0 Å². The van der Waals surface area contributed by atoms with Crippen LogP contribution in [0.5, 0.6) is 0 Å². The normalized spacial score (nSPS) is 58.0. The minimum Gasteiger partial charge on any atom is -0.0645 e. The number of fused-ring (bicyclic) bond motifs is 3. The predicted molar refractivity (Wildman–Crippen MR) is 37.0 cm³/mol. The molecule has 1 saturated carbocycles. The Morgan fingerprint density at radius 3 is 2.78 bits per heavy atom. The summed E-state index contributed by atoms with van der Waals surface area (Å²) in [4.78, 5) is 0. The van der Waals surface area contributed by atoms with Gasteiger partial charge in [0.1, 0.15) is 0 Å². The molecule has 0 radical (unpaired) electrons. The third-order valence-corrected chi connectivity index (χ3v) is 3.75. The standard InChI is InChI=1S/C9H12/c1-3-9-4-6(9)7-5(2)8(7)9/h5-6H,3-4H2,1-2H3. The highest BCUT2D eigenvalue weighted by Crippen LogP contribution is 2.84. The Bertz CT molecular complexity index is 224. The Balaban J connectivity index is 1.99. The molecule has 0 saturated heterocycles. The number of hydrogen-bond acceptors (Lipinski definition) is 0. The Kier molecular flexibility index (Phi) is 0.455. The second-order valence-corrected chi connectivity index (χ2v) is 3.86. The molecule has 0 N–H and O–H groups in total. The smallest absolute Gasteiger partial charge is 0.000641 e. The van der Waals surface area contributed by atoms with Crippen molar-refractivity contribution in [1.29, 1.82) is 0 Å². The highest BCUT2D eigenvalue weighted by Gasteiger charge is 2.74. The lowest BCUT2D eigenvalue weighted by molar-refractivity contribution is 0.540. The molecule has 3 rings (SSSR count). The van der Waals surface area contributed by atoms with E-state index in [4.69, 9.17) is 0 Å². The zero-order valence-electron chi connectivity index (χ0n) is 6.07. The third-order valence-electron chi connectivity index (χ3n) is 3.75. The first-order chi connectivity index (χ1) is 4.31. The van der Waals surface area contributed by atoms with Crippen LogP contribution in [0.25, 0.3) is 0 Å². The van der Waals surface area contributed by atoms with Gasteiger partial charge in [-0.1, -0.05) is 25.0 Å². The molecule has 0 bridgehead atoms. The summed E-state index contributed by atoms with van der Waals surface area (Å²) in [5, 5.41) is 0. The van der Waals surface area contributed by atoms with E-state index in [1.807, 2.05) is 11.1 Å². The molecular formula is C9H12. The molecule has 0 aliphatic heterocycles. The van der Waals surface area contributed by atoms with E-state index in [0.29, 0.717) is 0 Å². The van der Waals surface area contributed by atoms with Crippen LogP contribution >= 0.6 is 0 Å². The van der Waals surface area contributed by atoms with Gasteiger partial charge in [-0.25, -0.2) is 0 Å². The van der Waals surface area contributed by atoms with Gasteiger partial charge in [0, 0.05) is 0 Å². The lowest BCUT2D eigenvalue weighted by Crippen LogP contribution is -2.03. The number of allylic oxidation sites excluding steroid dienone is 2. The molecule has 0 aromatic rings. The summed E-state index contributed by atoms with van der Waals surface area (Å²) in [5.41, 5.74) is 4.54. The molecule has 3 aliphatic rings. The van der Waals surface area contributed by atoms with Crippen LogP contribution in [0.3, 0.4) is 0 Å². The minimum atomic E-state index is 0.814. The highest BCUT2D eigenvalue weighted by atomic mass is 14.8. The fourth-order valence-corrected chi connectivity index (χ4v) is 3.08. The molecule has 0 nitrogen and oxygen atoms in total. The molecule has 0 amide bonds. The number of rotatable bonds is 1. The molecule has 0 spiro atoms. The Labute approximate surface area is 56.0 Å². The highest BCUT2D eigenvalue weighted by molar-refractivity contribution is 5.64. The second-order valence-electron chi connectivity index (χ2n) is 3.86. The largest absolute Gasteiger partial charge is 0.0645 e. The van der Waals surface area contributed by atoms with Gasteiger partial charge < -0.3 is 0 Å². The van der Waals surface area contributed by atoms with Crippen molar-refractivity contribution in [1.82, 2.24) is 0 Å². The molecule has 0 aromatic carbocycles. The summed E-state index contributed by atoms with van der Waals surface area (Å²) in [6, 6.07) is 0.